The summed E-state index contributed by atoms with van der Waals surface area (Å²) in [7, 11) is 0. The SMILES string of the molecule is O=C(Nc1cccc(Cl)c1)NC1CC2CCC(C1)N2. The number of hydrogen-bond acceptors (Lipinski definition) is 2. The number of hydrogen-bond donors (Lipinski definition) is 3. The number of nitrogens with one attached hydrogen (secondary N) is 3. The third-order valence-electron chi connectivity index (χ3n) is 3.89. The van der Waals surface area contributed by atoms with Crippen LogP contribution in [-0.4, -0.2) is 24.2 Å². The van der Waals surface area contributed by atoms with Crippen molar-refractivity contribution in [1.82, 2.24) is 10.6 Å². The Morgan fingerprint density at radius 3 is 2.68 bits per heavy atom. The monoisotopic (exact) mass is 279 g/mol. The van der Waals surface area contributed by atoms with Crippen LogP contribution in [0.3, 0.4) is 0 Å². The first-order valence-corrected chi connectivity index (χ1v) is 7.16. The number of piperidine rings is 1. The average Bonchev–Trinajstić information content (AvgIpc) is 2.68. The van der Waals surface area contributed by atoms with Crippen molar-refractivity contribution < 1.29 is 4.79 Å². The molecule has 2 unspecified atom stereocenters. The maximum absolute atomic E-state index is 11.9. The lowest BCUT2D eigenvalue weighted by Crippen LogP contribution is -2.49. The molecule has 5 heteroatoms. The Morgan fingerprint density at radius 1 is 1.26 bits per heavy atom. The molecule has 2 heterocycles. The van der Waals surface area contributed by atoms with Crippen LogP contribution in [0.4, 0.5) is 10.5 Å². The molecule has 2 atom stereocenters. The fraction of sp³-hybridized carbons (Fsp3) is 0.500. The van der Waals surface area contributed by atoms with Crippen LogP contribution in [0.25, 0.3) is 0 Å². The lowest BCUT2D eigenvalue weighted by atomic mass is 10.0. The van der Waals surface area contributed by atoms with Gasteiger partial charge in [-0.25, -0.2) is 4.79 Å². The molecule has 0 radical (unpaired) electrons. The van der Waals surface area contributed by atoms with Crippen LogP contribution in [0.1, 0.15) is 25.7 Å². The Balaban J connectivity index is 1.54. The molecule has 2 amide bonds. The zero-order chi connectivity index (χ0) is 13.2. The zero-order valence-corrected chi connectivity index (χ0v) is 11.4. The molecule has 2 bridgehead atoms. The Labute approximate surface area is 117 Å². The van der Waals surface area contributed by atoms with Crippen molar-refractivity contribution in [3.8, 4) is 0 Å². The Morgan fingerprint density at radius 2 is 2.00 bits per heavy atom. The van der Waals surface area contributed by atoms with Gasteiger partial charge in [0.05, 0.1) is 0 Å². The van der Waals surface area contributed by atoms with E-state index in [1.807, 2.05) is 12.1 Å². The lowest BCUT2D eigenvalue weighted by Gasteiger charge is -2.29. The molecule has 0 saturated carbocycles. The summed E-state index contributed by atoms with van der Waals surface area (Å²) in [6, 6.07) is 8.47. The molecule has 3 N–H and O–H groups in total. The lowest BCUT2D eigenvalue weighted by molar-refractivity contribution is 0.240. The van der Waals surface area contributed by atoms with Crippen LogP contribution < -0.4 is 16.0 Å². The molecule has 4 nitrogen and oxygen atoms in total. The molecule has 2 aliphatic heterocycles. The van der Waals surface area contributed by atoms with Gasteiger partial charge in [-0.1, -0.05) is 17.7 Å². The minimum Gasteiger partial charge on any atom is -0.335 e. The highest BCUT2D eigenvalue weighted by Crippen LogP contribution is 2.26. The van der Waals surface area contributed by atoms with Crippen LogP contribution in [0, 0.1) is 0 Å². The Kier molecular flexibility index (Phi) is 3.62. The molecule has 102 valence electrons. The quantitative estimate of drug-likeness (QED) is 0.780. The largest absolute Gasteiger partial charge is 0.335 e. The van der Waals surface area contributed by atoms with E-state index >= 15 is 0 Å². The first-order valence-electron chi connectivity index (χ1n) is 6.78. The van der Waals surface area contributed by atoms with Crippen molar-refractivity contribution in [2.45, 2.75) is 43.8 Å². The number of benzene rings is 1. The molecular formula is C14H18ClN3O. The number of carbonyl (C=O) groups excluding carboxylic acids is 1. The maximum atomic E-state index is 11.9. The normalized spacial score (nSPS) is 29.0. The van der Waals surface area contributed by atoms with E-state index in [0.717, 1.165) is 18.5 Å². The topological polar surface area (TPSA) is 53.2 Å². The van der Waals surface area contributed by atoms with E-state index in [1.54, 1.807) is 12.1 Å². The van der Waals surface area contributed by atoms with E-state index in [9.17, 15) is 4.79 Å². The maximum Gasteiger partial charge on any atom is 0.319 e. The van der Waals surface area contributed by atoms with Crippen LogP contribution in [0.15, 0.2) is 24.3 Å². The van der Waals surface area contributed by atoms with Crippen molar-refractivity contribution in [3.63, 3.8) is 0 Å². The number of rotatable bonds is 2. The Bertz CT molecular complexity index is 468. The summed E-state index contributed by atoms with van der Waals surface area (Å²) < 4.78 is 0. The van der Waals surface area contributed by atoms with Gasteiger partial charge < -0.3 is 16.0 Å². The predicted molar refractivity (Wildman–Crippen MR) is 76.6 cm³/mol. The molecule has 19 heavy (non-hydrogen) atoms. The molecule has 0 aliphatic carbocycles. The highest BCUT2D eigenvalue weighted by molar-refractivity contribution is 6.30. The molecule has 1 aromatic carbocycles. The van der Waals surface area contributed by atoms with Gasteiger partial charge in [-0.15, -0.1) is 0 Å². The zero-order valence-electron chi connectivity index (χ0n) is 10.7. The van der Waals surface area contributed by atoms with Crippen molar-refractivity contribution in [2.75, 3.05) is 5.32 Å². The molecular weight excluding hydrogens is 262 g/mol. The van der Waals surface area contributed by atoms with Crippen molar-refractivity contribution in [2.24, 2.45) is 0 Å². The van der Waals surface area contributed by atoms with Gasteiger partial charge in [-0.05, 0) is 43.9 Å². The van der Waals surface area contributed by atoms with E-state index in [2.05, 4.69) is 16.0 Å². The number of urea groups is 1. The van der Waals surface area contributed by atoms with Crippen LogP contribution >= 0.6 is 11.6 Å². The fourth-order valence-corrected chi connectivity index (χ4v) is 3.28. The van der Waals surface area contributed by atoms with Crippen molar-refractivity contribution >= 4 is 23.3 Å². The number of anilines is 1. The third-order valence-corrected chi connectivity index (χ3v) is 4.13. The van der Waals surface area contributed by atoms with Gasteiger partial charge >= 0.3 is 6.03 Å². The summed E-state index contributed by atoms with van der Waals surface area (Å²) in [5.74, 6) is 0. The number of amides is 2. The molecule has 1 aromatic rings. The summed E-state index contributed by atoms with van der Waals surface area (Å²) in [5.41, 5.74) is 0.724. The highest BCUT2D eigenvalue weighted by Gasteiger charge is 2.33. The van der Waals surface area contributed by atoms with Gasteiger partial charge in [0.25, 0.3) is 0 Å². The van der Waals surface area contributed by atoms with Gasteiger partial charge in [0, 0.05) is 28.8 Å². The van der Waals surface area contributed by atoms with Gasteiger partial charge in [-0.3, -0.25) is 0 Å². The van der Waals surface area contributed by atoms with E-state index in [4.69, 9.17) is 11.6 Å². The minimum atomic E-state index is -0.145. The molecule has 3 rings (SSSR count). The minimum absolute atomic E-state index is 0.145. The summed E-state index contributed by atoms with van der Waals surface area (Å²) >= 11 is 5.89. The van der Waals surface area contributed by atoms with Crippen LogP contribution in [-0.2, 0) is 0 Å². The second-order valence-corrected chi connectivity index (χ2v) is 5.85. The summed E-state index contributed by atoms with van der Waals surface area (Å²) in [4.78, 5) is 11.9. The van der Waals surface area contributed by atoms with E-state index in [1.165, 1.54) is 12.8 Å². The molecule has 0 aromatic heterocycles. The van der Waals surface area contributed by atoms with Gasteiger partial charge in [0.2, 0.25) is 0 Å². The van der Waals surface area contributed by atoms with Gasteiger partial charge in [0.15, 0.2) is 0 Å². The van der Waals surface area contributed by atoms with Crippen molar-refractivity contribution in [1.29, 1.82) is 0 Å². The first-order chi connectivity index (χ1) is 9.19. The summed E-state index contributed by atoms with van der Waals surface area (Å²) in [5, 5.41) is 10.1. The standard InChI is InChI=1S/C14H18ClN3O/c15-9-2-1-3-10(6-9)17-14(19)18-13-7-11-4-5-12(8-13)16-11/h1-3,6,11-13,16H,4-5,7-8H2,(H2,17,18,19). The van der Waals surface area contributed by atoms with E-state index < -0.39 is 0 Å². The second-order valence-electron chi connectivity index (χ2n) is 5.42. The fourth-order valence-electron chi connectivity index (χ4n) is 3.09. The van der Waals surface area contributed by atoms with E-state index in [0.29, 0.717) is 17.1 Å². The molecule has 2 saturated heterocycles. The van der Waals surface area contributed by atoms with Crippen molar-refractivity contribution in [3.05, 3.63) is 29.3 Å². The summed E-state index contributed by atoms with van der Waals surface area (Å²) in [6.07, 6.45) is 4.52. The predicted octanol–water partition coefficient (Wildman–Crippen LogP) is 2.74. The molecule has 0 spiro atoms. The number of fused-ring (bicyclic) bond motifs is 2. The Hall–Kier alpha value is -1.26. The molecule has 2 aliphatic rings. The van der Waals surface area contributed by atoms with Gasteiger partial charge in [-0.2, -0.15) is 0 Å². The second kappa shape index (κ2) is 5.39. The van der Waals surface area contributed by atoms with Crippen LogP contribution in [0.5, 0.6) is 0 Å². The van der Waals surface area contributed by atoms with Crippen LogP contribution in [0.2, 0.25) is 5.02 Å². The number of carbonyl (C=O) groups is 1. The first kappa shape index (κ1) is 12.8. The highest BCUT2D eigenvalue weighted by atomic mass is 35.5. The van der Waals surface area contributed by atoms with Gasteiger partial charge in [0.1, 0.15) is 0 Å². The average molecular weight is 280 g/mol. The third kappa shape index (κ3) is 3.19. The number of halogens is 1. The van der Waals surface area contributed by atoms with E-state index in [-0.39, 0.29) is 12.1 Å². The molecule has 2 fully saturated rings. The summed E-state index contributed by atoms with van der Waals surface area (Å²) in [6.45, 7) is 0. The smallest absolute Gasteiger partial charge is 0.319 e.